The van der Waals surface area contributed by atoms with Crippen LogP contribution in [0.3, 0.4) is 0 Å². The van der Waals surface area contributed by atoms with Crippen LogP contribution in [0.5, 0.6) is 0 Å². The maximum absolute atomic E-state index is 4.40. The summed E-state index contributed by atoms with van der Waals surface area (Å²) in [5, 5.41) is 1.14. The number of nitrogens with zero attached hydrogens (tertiary/aromatic N) is 2. The van der Waals surface area contributed by atoms with Crippen molar-refractivity contribution in [3.8, 4) is 0 Å². The monoisotopic (exact) mass is 293 g/mol. The molecule has 0 bridgehead atoms. The van der Waals surface area contributed by atoms with Gasteiger partial charge >= 0.3 is 107 Å². The molecule has 0 radical (unpaired) electrons. The molecule has 2 aromatic rings. The van der Waals surface area contributed by atoms with Crippen LogP contribution in [0.25, 0.3) is 0 Å². The van der Waals surface area contributed by atoms with E-state index >= 15 is 0 Å². The fourth-order valence-corrected chi connectivity index (χ4v) is 3.02. The zero-order valence-corrected chi connectivity index (χ0v) is 11.5. The molecule has 17 heavy (non-hydrogen) atoms. The quantitative estimate of drug-likeness (QED) is 0.507. The third-order valence-corrected chi connectivity index (χ3v) is 4.40. The minimum absolute atomic E-state index is 0.527. The molecule has 1 aromatic carbocycles. The van der Waals surface area contributed by atoms with E-state index < -0.39 is 0 Å². The summed E-state index contributed by atoms with van der Waals surface area (Å²) in [5.41, 5.74) is 2.01. The van der Waals surface area contributed by atoms with Gasteiger partial charge in [0, 0.05) is 0 Å². The van der Waals surface area contributed by atoms with Gasteiger partial charge < -0.3 is 0 Å². The van der Waals surface area contributed by atoms with Crippen LogP contribution in [0.1, 0.15) is 11.4 Å². The van der Waals surface area contributed by atoms with Crippen molar-refractivity contribution >= 4 is 25.6 Å². The van der Waals surface area contributed by atoms with Gasteiger partial charge in [0.05, 0.1) is 0 Å². The molecule has 4 heteroatoms. The summed E-state index contributed by atoms with van der Waals surface area (Å²) in [5.74, 6) is 0. The van der Waals surface area contributed by atoms with Crippen molar-refractivity contribution < 1.29 is 0 Å². The normalized spacial score (nSPS) is 11.1. The molecule has 0 spiro atoms. The van der Waals surface area contributed by atoms with Gasteiger partial charge in [0.25, 0.3) is 0 Å². The van der Waals surface area contributed by atoms with Crippen molar-refractivity contribution in [3.05, 3.63) is 48.0 Å². The molecule has 3 nitrogen and oxygen atoms in total. The van der Waals surface area contributed by atoms with Crippen LogP contribution >= 0.6 is 0 Å². The molecule has 0 aliphatic rings. The molecule has 0 aliphatic carbocycles. The summed E-state index contributed by atoms with van der Waals surface area (Å²) in [6, 6.07) is 10.6. The number of rotatable bonds is 5. The van der Waals surface area contributed by atoms with E-state index in [1.54, 1.807) is 6.33 Å². The fraction of sp³-hybridized carbons (Fsp3) is 0.231. The molecule has 1 N–H and O–H groups in total. The number of hydrogen-bond donors (Lipinski definition) is 1. The molecule has 0 aliphatic heterocycles. The van der Waals surface area contributed by atoms with Gasteiger partial charge in [-0.25, -0.2) is 0 Å². The van der Waals surface area contributed by atoms with Crippen LogP contribution in [0.4, 0.5) is 0 Å². The molecule has 0 unspecified atom stereocenters. The molecule has 88 valence electrons. The summed E-state index contributed by atoms with van der Waals surface area (Å²) in [4.78, 5) is 11.6. The SMILES string of the molecule is Cc1[nH]cnc1C=NCC[Se]c1ccccc1. The fourth-order valence-electron chi connectivity index (χ4n) is 1.38. The number of aryl methyl sites for hydroxylation is 1. The van der Waals surface area contributed by atoms with Gasteiger partial charge in [-0.3, -0.25) is 0 Å². The maximum atomic E-state index is 4.40. The zero-order chi connectivity index (χ0) is 11.9. The van der Waals surface area contributed by atoms with Crippen molar-refractivity contribution in [1.82, 2.24) is 9.97 Å². The van der Waals surface area contributed by atoms with E-state index in [1.165, 1.54) is 4.46 Å². The average molecular weight is 292 g/mol. The minimum atomic E-state index is 0.527. The summed E-state index contributed by atoms with van der Waals surface area (Å²) < 4.78 is 1.44. The molecule has 0 atom stereocenters. The summed E-state index contributed by atoms with van der Waals surface area (Å²) in [6.07, 6.45) is 3.55. The molecule has 0 amide bonds. The Kier molecular flexibility index (Phi) is 4.53. The standard InChI is InChI=1S/C13H15N3Se/c1-11-13(16-10-15-11)9-14-7-8-17-12-5-3-2-4-6-12/h2-6,9-10H,7-8H2,1H3,(H,15,16). The molecule has 0 saturated carbocycles. The van der Waals surface area contributed by atoms with Gasteiger partial charge in [0.1, 0.15) is 0 Å². The van der Waals surface area contributed by atoms with Crippen molar-refractivity contribution in [3.63, 3.8) is 0 Å². The molecule has 0 saturated heterocycles. The Morgan fingerprint density at radius 2 is 2.18 bits per heavy atom. The molecule has 0 fully saturated rings. The third kappa shape index (κ3) is 3.84. The Morgan fingerprint density at radius 1 is 1.35 bits per heavy atom. The second kappa shape index (κ2) is 6.38. The average Bonchev–Trinajstić information content (AvgIpc) is 2.76. The van der Waals surface area contributed by atoms with Crippen LogP contribution in [-0.2, 0) is 0 Å². The molecule has 1 heterocycles. The van der Waals surface area contributed by atoms with E-state index in [2.05, 4.69) is 45.3 Å². The van der Waals surface area contributed by atoms with Crippen LogP contribution in [0.2, 0.25) is 5.32 Å². The third-order valence-electron chi connectivity index (χ3n) is 2.31. The summed E-state index contributed by atoms with van der Waals surface area (Å²) >= 11 is 0.527. The van der Waals surface area contributed by atoms with Gasteiger partial charge in [-0.05, 0) is 0 Å². The van der Waals surface area contributed by atoms with Crippen molar-refractivity contribution in [2.24, 2.45) is 4.99 Å². The number of aromatic amines is 1. The van der Waals surface area contributed by atoms with Crippen molar-refractivity contribution in [1.29, 1.82) is 0 Å². The molecule has 1 aromatic heterocycles. The predicted molar refractivity (Wildman–Crippen MR) is 72.4 cm³/mol. The number of H-pyrrole nitrogens is 1. The van der Waals surface area contributed by atoms with Crippen LogP contribution in [-0.4, -0.2) is 37.7 Å². The van der Waals surface area contributed by atoms with Crippen LogP contribution in [0, 0.1) is 6.92 Å². The van der Waals surface area contributed by atoms with Gasteiger partial charge in [-0.1, -0.05) is 0 Å². The van der Waals surface area contributed by atoms with Gasteiger partial charge in [0.15, 0.2) is 0 Å². The van der Waals surface area contributed by atoms with E-state index in [9.17, 15) is 0 Å². The first-order valence-electron chi connectivity index (χ1n) is 5.54. The number of aliphatic imine (C=N–C) groups is 1. The van der Waals surface area contributed by atoms with E-state index in [0.29, 0.717) is 15.0 Å². The number of hydrogen-bond acceptors (Lipinski definition) is 2. The summed E-state index contributed by atoms with van der Waals surface area (Å²) in [6.45, 7) is 2.88. The first-order valence-corrected chi connectivity index (χ1v) is 7.60. The van der Waals surface area contributed by atoms with E-state index in [1.807, 2.05) is 13.1 Å². The van der Waals surface area contributed by atoms with E-state index in [0.717, 1.165) is 23.3 Å². The van der Waals surface area contributed by atoms with Gasteiger partial charge in [-0.2, -0.15) is 0 Å². The molecule has 2 rings (SSSR count). The van der Waals surface area contributed by atoms with Crippen LogP contribution < -0.4 is 4.46 Å². The Balaban J connectivity index is 1.74. The molecular weight excluding hydrogens is 277 g/mol. The number of benzene rings is 1. The summed E-state index contributed by atoms with van der Waals surface area (Å²) in [7, 11) is 0. The molecular formula is C13H15N3Se. The first kappa shape index (κ1) is 12.1. The number of imidazole rings is 1. The van der Waals surface area contributed by atoms with Crippen LogP contribution in [0.15, 0.2) is 41.7 Å². The Morgan fingerprint density at radius 3 is 2.88 bits per heavy atom. The first-order chi connectivity index (χ1) is 8.36. The van der Waals surface area contributed by atoms with Gasteiger partial charge in [0.2, 0.25) is 0 Å². The van der Waals surface area contributed by atoms with Crippen molar-refractivity contribution in [2.45, 2.75) is 12.2 Å². The Bertz CT molecular complexity index is 476. The van der Waals surface area contributed by atoms with Crippen molar-refractivity contribution in [2.75, 3.05) is 6.54 Å². The Labute approximate surface area is 108 Å². The Hall–Kier alpha value is -1.38. The predicted octanol–water partition coefficient (Wildman–Crippen LogP) is 1.59. The van der Waals surface area contributed by atoms with E-state index in [4.69, 9.17) is 0 Å². The second-order valence-electron chi connectivity index (χ2n) is 3.61. The number of aromatic nitrogens is 2. The van der Waals surface area contributed by atoms with E-state index in [-0.39, 0.29) is 0 Å². The van der Waals surface area contributed by atoms with Gasteiger partial charge in [-0.15, -0.1) is 0 Å². The zero-order valence-electron chi connectivity index (χ0n) is 9.76. The topological polar surface area (TPSA) is 41.0 Å². The number of nitrogens with one attached hydrogen (secondary N) is 1. The second-order valence-corrected chi connectivity index (χ2v) is 6.06.